The van der Waals surface area contributed by atoms with E-state index in [-0.39, 0.29) is 0 Å². The summed E-state index contributed by atoms with van der Waals surface area (Å²) >= 11 is 0. The molecule has 0 aliphatic rings. The first kappa shape index (κ1) is 12.0. The largest absolute Gasteiger partial charge is 0.503 e. The lowest BCUT2D eigenvalue weighted by atomic mass is 10.2. The summed E-state index contributed by atoms with van der Waals surface area (Å²) in [6, 6.07) is 8.24. The molecule has 1 aromatic carbocycles. The van der Waals surface area contributed by atoms with E-state index in [1.54, 1.807) is 0 Å². The van der Waals surface area contributed by atoms with E-state index in [0.29, 0.717) is 31.5 Å². The Balaban J connectivity index is 3.05. The number of rotatable bonds is 4. The summed E-state index contributed by atoms with van der Waals surface area (Å²) in [7, 11) is -0.468. The van der Waals surface area contributed by atoms with Crippen molar-refractivity contribution >= 4 is 45.4 Å². The van der Waals surface area contributed by atoms with Crippen molar-refractivity contribution in [3.63, 3.8) is 0 Å². The van der Waals surface area contributed by atoms with E-state index in [4.69, 9.17) is 12.3 Å². The highest BCUT2D eigenvalue weighted by Crippen LogP contribution is 2.06. The second kappa shape index (κ2) is 5.16. The van der Waals surface area contributed by atoms with E-state index >= 15 is 0 Å². The molecule has 0 radical (unpaired) electrons. The molecule has 0 bridgehead atoms. The van der Waals surface area contributed by atoms with Gasteiger partial charge in [-0.2, -0.15) is 0 Å². The van der Waals surface area contributed by atoms with Crippen LogP contribution in [-0.2, 0) is 12.3 Å². The SMILES string of the molecule is Cc1ccc([Si](O[SiH3])(O[SiH3])O[SiH3])cc1. The van der Waals surface area contributed by atoms with Gasteiger partial charge in [0.1, 0.15) is 31.5 Å². The second-order valence-electron chi connectivity index (χ2n) is 3.03. The van der Waals surface area contributed by atoms with Gasteiger partial charge in [0.05, 0.1) is 0 Å². The third-order valence-electron chi connectivity index (χ3n) is 2.21. The maximum Gasteiger partial charge on any atom is 0.503 e. The highest BCUT2D eigenvalue weighted by Gasteiger charge is 2.38. The van der Waals surface area contributed by atoms with E-state index in [1.165, 1.54) is 5.56 Å². The Hall–Kier alpha value is -0.0325. The van der Waals surface area contributed by atoms with Crippen molar-refractivity contribution in [1.29, 1.82) is 0 Å². The first-order valence-electron chi connectivity index (χ1n) is 4.41. The van der Waals surface area contributed by atoms with Gasteiger partial charge in [-0.1, -0.05) is 29.8 Å². The summed E-state index contributed by atoms with van der Waals surface area (Å²) in [5, 5.41) is 1.09. The lowest BCUT2D eigenvalue weighted by Crippen LogP contribution is -2.55. The van der Waals surface area contributed by atoms with Crippen molar-refractivity contribution < 1.29 is 12.3 Å². The molecule has 0 aliphatic carbocycles. The standard InChI is InChI=1S/C7H16O3Si4/c1-6-2-4-7(5-3-6)14(8-11,9-12)10-13/h2-5H,1,11-13H3. The molecule has 3 nitrogen and oxygen atoms in total. The molecule has 7 heteroatoms. The Morgan fingerprint density at radius 2 is 1.36 bits per heavy atom. The van der Waals surface area contributed by atoms with Crippen LogP contribution in [0.2, 0.25) is 0 Å². The van der Waals surface area contributed by atoms with Crippen LogP contribution < -0.4 is 5.19 Å². The Morgan fingerprint density at radius 3 is 1.71 bits per heavy atom. The molecule has 0 atom stereocenters. The zero-order valence-electron chi connectivity index (χ0n) is 9.03. The third kappa shape index (κ3) is 2.31. The fourth-order valence-corrected chi connectivity index (χ4v) is 11.3. The zero-order chi connectivity index (χ0) is 10.6. The maximum absolute atomic E-state index is 5.56. The second-order valence-corrected chi connectivity index (χ2v) is 9.62. The number of hydrogen-bond donors (Lipinski definition) is 0. The van der Waals surface area contributed by atoms with Crippen molar-refractivity contribution in [3.8, 4) is 0 Å². The Labute approximate surface area is 94.8 Å². The fourth-order valence-electron chi connectivity index (χ4n) is 1.36. The fraction of sp³-hybridized carbons (Fsp3) is 0.143. The molecule has 0 amide bonds. The van der Waals surface area contributed by atoms with Gasteiger partial charge >= 0.3 is 8.80 Å². The Morgan fingerprint density at radius 1 is 0.929 bits per heavy atom. The smallest absolute Gasteiger partial charge is 0.422 e. The van der Waals surface area contributed by atoms with Gasteiger partial charge in [-0.3, -0.25) is 0 Å². The molecule has 0 unspecified atom stereocenters. The lowest BCUT2D eigenvalue weighted by Gasteiger charge is -2.26. The van der Waals surface area contributed by atoms with E-state index in [1.807, 2.05) is 0 Å². The minimum atomic E-state index is -2.43. The normalized spacial score (nSPS) is 15.8. The van der Waals surface area contributed by atoms with Crippen LogP contribution in [0.25, 0.3) is 0 Å². The summed E-state index contributed by atoms with van der Waals surface area (Å²) in [6.45, 7) is 2.07. The van der Waals surface area contributed by atoms with Crippen molar-refractivity contribution in [2.24, 2.45) is 0 Å². The topological polar surface area (TPSA) is 27.7 Å². The molecule has 1 aromatic rings. The Bertz CT molecular complexity index is 277. The van der Waals surface area contributed by atoms with Crippen molar-refractivity contribution in [3.05, 3.63) is 29.8 Å². The van der Waals surface area contributed by atoms with Gasteiger partial charge in [0.2, 0.25) is 0 Å². The summed E-state index contributed by atoms with van der Waals surface area (Å²) < 4.78 is 16.7. The molecular weight excluding hydrogens is 244 g/mol. The van der Waals surface area contributed by atoms with Gasteiger partial charge in [-0.25, -0.2) is 0 Å². The molecule has 14 heavy (non-hydrogen) atoms. The summed E-state index contributed by atoms with van der Waals surface area (Å²) in [6.07, 6.45) is 0. The van der Waals surface area contributed by atoms with Crippen LogP contribution in [0.3, 0.4) is 0 Å². The van der Waals surface area contributed by atoms with Gasteiger partial charge in [0.25, 0.3) is 0 Å². The van der Waals surface area contributed by atoms with Crippen LogP contribution in [0.4, 0.5) is 0 Å². The van der Waals surface area contributed by atoms with Gasteiger partial charge in [0, 0.05) is 5.19 Å². The maximum atomic E-state index is 5.56. The molecule has 78 valence electrons. The lowest BCUT2D eigenvalue weighted by molar-refractivity contribution is 0.318. The number of benzene rings is 1. The Kier molecular flexibility index (Phi) is 4.44. The van der Waals surface area contributed by atoms with Gasteiger partial charge < -0.3 is 12.3 Å². The predicted octanol–water partition coefficient (Wildman–Crippen LogP) is -2.97. The number of hydrogen-bond acceptors (Lipinski definition) is 3. The molecule has 0 aliphatic heterocycles. The van der Waals surface area contributed by atoms with Gasteiger partial charge in [-0.15, -0.1) is 0 Å². The van der Waals surface area contributed by atoms with Crippen LogP contribution in [0.1, 0.15) is 5.56 Å². The molecule has 0 aromatic heterocycles. The third-order valence-corrected chi connectivity index (χ3v) is 9.70. The average molecular weight is 261 g/mol. The summed E-state index contributed by atoms with van der Waals surface area (Å²) in [5.74, 6) is 0. The van der Waals surface area contributed by atoms with Gasteiger partial charge in [-0.05, 0) is 6.92 Å². The first-order valence-corrected chi connectivity index (χ1v) is 8.58. The van der Waals surface area contributed by atoms with E-state index in [9.17, 15) is 0 Å². The van der Waals surface area contributed by atoms with E-state index in [0.717, 1.165) is 5.19 Å². The molecule has 0 fully saturated rings. The van der Waals surface area contributed by atoms with E-state index < -0.39 is 8.80 Å². The first-order chi connectivity index (χ1) is 6.68. The summed E-state index contributed by atoms with van der Waals surface area (Å²) in [4.78, 5) is 0. The molecule has 0 heterocycles. The van der Waals surface area contributed by atoms with Crippen molar-refractivity contribution in [2.45, 2.75) is 6.92 Å². The van der Waals surface area contributed by atoms with E-state index in [2.05, 4.69) is 31.2 Å². The van der Waals surface area contributed by atoms with Crippen LogP contribution in [0, 0.1) is 6.92 Å². The van der Waals surface area contributed by atoms with Crippen LogP contribution in [0.15, 0.2) is 24.3 Å². The summed E-state index contributed by atoms with van der Waals surface area (Å²) in [5.41, 5.74) is 1.24. The molecule has 1 rings (SSSR count). The minimum Gasteiger partial charge on any atom is -0.422 e. The van der Waals surface area contributed by atoms with Gasteiger partial charge in [0.15, 0.2) is 0 Å². The zero-order valence-corrected chi connectivity index (χ0v) is 16.0. The minimum absolute atomic E-state index is 0.655. The molecule has 0 saturated carbocycles. The quantitative estimate of drug-likeness (QED) is 0.541. The van der Waals surface area contributed by atoms with Crippen LogP contribution in [-0.4, -0.2) is 40.3 Å². The molecule has 0 N–H and O–H groups in total. The van der Waals surface area contributed by atoms with Crippen molar-refractivity contribution in [1.82, 2.24) is 0 Å². The number of aryl methyl sites for hydroxylation is 1. The highest BCUT2D eigenvalue weighted by atomic mass is 28.5. The monoisotopic (exact) mass is 260 g/mol. The predicted molar refractivity (Wildman–Crippen MR) is 69.6 cm³/mol. The highest BCUT2D eigenvalue weighted by molar-refractivity contribution is 6.81. The molecule has 0 saturated heterocycles. The molecular formula is C7H16O3Si4. The van der Waals surface area contributed by atoms with Crippen LogP contribution in [0.5, 0.6) is 0 Å². The molecule has 0 spiro atoms. The average Bonchev–Trinajstić information content (AvgIpc) is 2.24. The van der Waals surface area contributed by atoms with Crippen molar-refractivity contribution in [2.75, 3.05) is 0 Å². The van der Waals surface area contributed by atoms with Crippen LogP contribution >= 0.6 is 0 Å².